The van der Waals surface area contributed by atoms with E-state index in [-0.39, 0.29) is 98.1 Å². The SMILES string of the molecule is CCC12CC3CC(C1)N32.CN1CC1.CN1CCC1.[CH2-]N([CH2-])[CH-]CC.[Y].[Y].[Y]. The Kier molecular flexibility index (Phi) is 19.0. The molecule has 4 nitrogen and oxygen atoms in total. The molecule has 0 aromatic rings. The molecule has 5 aliphatic heterocycles. The predicted molar refractivity (Wildman–Crippen MR) is 103 cm³/mol. The summed E-state index contributed by atoms with van der Waals surface area (Å²) in [7, 11) is 11.2. The van der Waals surface area contributed by atoms with Crippen LogP contribution < -0.4 is 0 Å². The van der Waals surface area contributed by atoms with E-state index in [9.17, 15) is 0 Å². The average molecular weight is 602 g/mol. The first-order valence-corrected chi connectivity index (χ1v) is 9.81. The molecule has 5 fully saturated rings. The topological polar surface area (TPSA) is 12.7 Å². The van der Waals surface area contributed by atoms with Crippen LogP contribution in [0.3, 0.4) is 0 Å². The van der Waals surface area contributed by atoms with Gasteiger partial charge in [0.2, 0.25) is 0 Å². The van der Waals surface area contributed by atoms with Crippen molar-refractivity contribution >= 4 is 0 Å². The molecule has 5 rings (SSSR count). The van der Waals surface area contributed by atoms with E-state index in [1.54, 1.807) is 4.90 Å². The Hall–Kier alpha value is 3.15. The first kappa shape index (κ1) is 32.3. The van der Waals surface area contributed by atoms with Gasteiger partial charge in [0.05, 0.1) is 0 Å². The standard InChI is InChI=1S/C8H13N.C5H10N.C4H9N.C3H7N.3Y/c1-2-8-4-6-3-7(5-8)9(6)8;1-4-5-6(2)3;1-5-3-2-4-5;1-4-2-3-4;;;/h6-7H,2-5H2,1H3;5H,2-4H2,1H3;2-4H2,1H3;2-3H2,1H3;;;/q;-3;;;;;. The van der Waals surface area contributed by atoms with Crippen molar-refractivity contribution in [2.75, 3.05) is 40.3 Å². The third kappa shape index (κ3) is 10.1. The van der Waals surface area contributed by atoms with Gasteiger partial charge in [-0.15, -0.1) is 0 Å². The molecule has 0 saturated carbocycles. The second-order valence-electron chi connectivity index (χ2n) is 8.08. The van der Waals surface area contributed by atoms with Gasteiger partial charge in [-0.2, -0.15) is 6.42 Å². The first-order chi connectivity index (χ1) is 11.4. The third-order valence-corrected chi connectivity index (χ3v) is 5.96. The summed E-state index contributed by atoms with van der Waals surface area (Å²) >= 11 is 0. The second-order valence-corrected chi connectivity index (χ2v) is 8.08. The van der Waals surface area contributed by atoms with Crippen LogP contribution in [-0.2, 0) is 98.1 Å². The molecule has 0 amide bonds. The van der Waals surface area contributed by atoms with Crippen LogP contribution >= 0.6 is 0 Å². The fraction of sp³-hybridized carbons (Fsp3) is 0.850. The largest absolute Gasteiger partial charge is 0.768 e. The number of hydrogen-bond donors (Lipinski definition) is 0. The van der Waals surface area contributed by atoms with Gasteiger partial charge in [0.25, 0.3) is 0 Å². The molecule has 0 N–H and O–H groups in total. The van der Waals surface area contributed by atoms with Crippen molar-refractivity contribution in [1.82, 2.24) is 19.6 Å². The van der Waals surface area contributed by atoms with E-state index < -0.39 is 0 Å². The zero-order valence-electron chi connectivity index (χ0n) is 18.2. The van der Waals surface area contributed by atoms with Gasteiger partial charge in [0, 0.05) is 129 Å². The fourth-order valence-electron chi connectivity index (χ4n) is 4.09. The van der Waals surface area contributed by atoms with E-state index in [0.29, 0.717) is 0 Å². The predicted octanol–water partition coefficient (Wildman–Crippen LogP) is 3.08. The maximum absolute atomic E-state index is 3.49. The van der Waals surface area contributed by atoms with E-state index in [0.717, 1.165) is 24.0 Å². The fourth-order valence-corrected chi connectivity index (χ4v) is 4.09. The minimum absolute atomic E-state index is 0. The molecule has 27 heavy (non-hydrogen) atoms. The van der Waals surface area contributed by atoms with Crippen LogP contribution in [0.5, 0.6) is 0 Å². The summed E-state index contributed by atoms with van der Waals surface area (Å²) in [4.78, 5) is 8.85. The Morgan fingerprint density at radius 2 is 1.33 bits per heavy atom. The van der Waals surface area contributed by atoms with E-state index in [1.807, 2.05) is 13.5 Å². The maximum Gasteiger partial charge on any atom is 0.0242 e. The van der Waals surface area contributed by atoms with E-state index >= 15 is 0 Å². The van der Waals surface area contributed by atoms with Gasteiger partial charge in [0.1, 0.15) is 0 Å². The van der Waals surface area contributed by atoms with Crippen molar-refractivity contribution < 1.29 is 98.1 Å². The molecule has 0 bridgehead atoms. The summed E-state index contributed by atoms with van der Waals surface area (Å²) in [5, 5.41) is 0. The van der Waals surface area contributed by atoms with Crippen molar-refractivity contribution in [3.8, 4) is 0 Å². The minimum Gasteiger partial charge on any atom is -0.768 e. The molecule has 3 radical (unpaired) electrons. The maximum atomic E-state index is 3.49. The number of rotatable bonds is 3. The Morgan fingerprint density at radius 1 is 0.926 bits per heavy atom. The first-order valence-electron chi connectivity index (χ1n) is 9.81. The second kappa shape index (κ2) is 15.9. The number of nitrogens with zero attached hydrogens (tertiary/aromatic N) is 4. The van der Waals surface area contributed by atoms with Crippen LogP contribution in [0.25, 0.3) is 0 Å². The number of hydrogen-bond acceptors (Lipinski definition) is 4. The van der Waals surface area contributed by atoms with Gasteiger partial charge in [0.15, 0.2) is 0 Å². The molecule has 0 spiro atoms. The van der Waals surface area contributed by atoms with Crippen molar-refractivity contribution in [1.29, 1.82) is 0 Å². The van der Waals surface area contributed by atoms with E-state index in [1.165, 1.54) is 58.3 Å². The van der Waals surface area contributed by atoms with Crippen molar-refractivity contribution in [2.24, 2.45) is 0 Å². The van der Waals surface area contributed by atoms with E-state index in [2.05, 4.69) is 49.8 Å². The van der Waals surface area contributed by atoms with Gasteiger partial charge in [-0.05, 0) is 59.3 Å². The smallest absolute Gasteiger partial charge is 0.0242 e. The minimum atomic E-state index is 0. The molecule has 151 valence electrons. The Balaban J connectivity index is 0. The summed E-state index contributed by atoms with van der Waals surface area (Å²) in [6, 6.07) is 2.09. The number of likely N-dealkylation sites (tertiary alicyclic amines) is 1. The molecule has 5 aliphatic rings. The van der Waals surface area contributed by atoms with Gasteiger partial charge in [-0.1, -0.05) is 13.8 Å². The number of likely N-dealkylation sites (N-methyl/N-ethyl adjacent to an activating group) is 1. The molecule has 0 aromatic carbocycles. The zero-order valence-corrected chi connectivity index (χ0v) is 26.8. The van der Waals surface area contributed by atoms with Crippen LogP contribution in [0.4, 0.5) is 0 Å². The normalized spacial score (nSPS) is 31.2. The van der Waals surface area contributed by atoms with Crippen LogP contribution in [0.1, 0.15) is 52.4 Å². The molecular weight excluding hydrogens is 563 g/mol. The summed E-state index contributed by atoms with van der Waals surface area (Å²) in [5.74, 6) is 0. The molecular formula is C20H39N4Y3-3. The molecule has 7 heteroatoms. The Morgan fingerprint density at radius 3 is 1.41 bits per heavy atom. The molecule has 2 unspecified atom stereocenters. The van der Waals surface area contributed by atoms with Crippen LogP contribution in [0, 0.1) is 20.6 Å². The van der Waals surface area contributed by atoms with E-state index in [4.69, 9.17) is 0 Å². The molecule has 2 atom stereocenters. The van der Waals surface area contributed by atoms with Crippen molar-refractivity contribution in [3.63, 3.8) is 0 Å². The van der Waals surface area contributed by atoms with Crippen LogP contribution in [0.15, 0.2) is 0 Å². The molecule has 0 aromatic heterocycles. The van der Waals surface area contributed by atoms with Gasteiger partial charge in [-0.25, -0.2) is 0 Å². The monoisotopic (exact) mass is 602 g/mol. The van der Waals surface area contributed by atoms with Gasteiger partial charge in [-0.3, -0.25) is 4.90 Å². The zero-order chi connectivity index (χ0) is 17.7. The summed E-state index contributed by atoms with van der Waals surface area (Å²) < 4.78 is 0. The van der Waals surface area contributed by atoms with Gasteiger partial charge < -0.3 is 35.3 Å². The van der Waals surface area contributed by atoms with Gasteiger partial charge >= 0.3 is 0 Å². The summed E-state index contributed by atoms with van der Waals surface area (Å²) in [6.07, 6.45) is 8.41. The third-order valence-electron chi connectivity index (χ3n) is 5.96. The van der Waals surface area contributed by atoms with Crippen LogP contribution in [-0.4, -0.2) is 77.5 Å². The summed E-state index contributed by atoms with van der Waals surface area (Å²) in [6.45, 7) is 11.6. The van der Waals surface area contributed by atoms with Crippen LogP contribution in [0.2, 0.25) is 0 Å². The Bertz CT molecular complexity index is 364. The molecule has 5 heterocycles. The number of piperidine rings is 3. The van der Waals surface area contributed by atoms with Crippen molar-refractivity contribution in [2.45, 2.75) is 70.0 Å². The quantitative estimate of drug-likeness (QED) is 0.364. The summed E-state index contributed by atoms with van der Waals surface area (Å²) in [5.41, 5.74) is 0.758. The molecule has 0 aliphatic carbocycles. The average Bonchev–Trinajstić information content (AvgIpc) is 3.28. The van der Waals surface area contributed by atoms with Crippen molar-refractivity contribution in [3.05, 3.63) is 20.6 Å². The molecule has 5 saturated heterocycles. The Labute approximate surface area is 245 Å².